The van der Waals surface area contributed by atoms with Crippen LogP contribution in [0, 0.1) is 0 Å². The highest BCUT2D eigenvalue weighted by Gasteiger charge is 2.14. The second-order valence-electron chi connectivity index (χ2n) is 4.21. The number of hydrogen-bond donors (Lipinski definition) is 1. The number of nitrogens with one attached hydrogen (secondary N) is 1. The molecule has 0 amide bonds. The third-order valence-electron chi connectivity index (χ3n) is 2.85. The number of ketones is 1. The largest absolute Gasteiger partial charge is 0.319 e. The molecular weight excluding hydrogens is 226 g/mol. The van der Waals surface area contributed by atoms with Crippen LogP contribution in [0.5, 0.6) is 0 Å². The van der Waals surface area contributed by atoms with E-state index in [4.69, 9.17) is 0 Å². The summed E-state index contributed by atoms with van der Waals surface area (Å²) in [5.74, 6) is -0.0118. The zero-order chi connectivity index (χ0) is 13.0. The molecule has 0 unspecified atom stereocenters. The van der Waals surface area contributed by atoms with E-state index in [1.165, 1.54) is 0 Å². The first-order chi connectivity index (χ1) is 8.72. The first kappa shape index (κ1) is 12.5. The third kappa shape index (κ3) is 2.65. The molecule has 2 aromatic rings. The van der Waals surface area contributed by atoms with Gasteiger partial charge in [-0.1, -0.05) is 24.3 Å². The normalized spacial score (nSPS) is 10.6. The van der Waals surface area contributed by atoms with Gasteiger partial charge in [0, 0.05) is 18.8 Å². The summed E-state index contributed by atoms with van der Waals surface area (Å²) >= 11 is 0. The van der Waals surface area contributed by atoms with Crippen LogP contribution in [0.1, 0.15) is 21.6 Å². The van der Waals surface area contributed by atoms with Gasteiger partial charge in [0.1, 0.15) is 5.69 Å². The number of aromatic nitrogens is 2. The first-order valence-electron chi connectivity index (χ1n) is 5.99. The highest BCUT2D eigenvalue weighted by molar-refractivity contribution is 6.08. The molecule has 94 valence electrons. The van der Waals surface area contributed by atoms with E-state index in [0.29, 0.717) is 5.69 Å². The first-order valence-corrected chi connectivity index (χ1v) is 5.99. The van der Waals surface area contributed by atoms with Crippen molar-refractivity contribution in [3.8, 4) is 0 Å². The van der Waals surface area contributed by atoms with Crippen LogP contribution < -0.4 is 5.32 Å². The number of benzene rings is 1. The molecule has 0 fully saturated rings. The van der Waals surface area contributed by atoms with Gasteiger partial charge in [0.05, 0.1) is 0 Å². The molecule has 4 nitrogen and oxygen atoms in total. The van der Waals surface area contributed by atoms with E-state index in [2.05, 4.69) is 10.4 Å². The van der Waals surface area contributed by atoms with Crippen molar-refractivity contribution in [1.29, 1.82) is 0 Å². The Hall–Kier alpha value is -1.94. The molecule has 0 aliphatic rings. The quantitative estimate of drug-likeness (QED) is 0.808. The number of likely N-dealkylation sites (N-methyl/N-ethyl adjacent to an activating group) is 1. The van der Waals surface area contributed by atoms with E-state index < -0.39 is 0 Å². The number of nitrogens with zero attached hydrogens (tertiary/aromatic N) is 2. The molecule has 0 atom stereocenters. The van der Waals surface area contributed by atoms with Crippen molar-refractivity contribution in [1.82, 2.24) is 15.1 Å². The Kier molecular flexibility index (Phi) is 3.89. The van der Waals surface area contributed by atoms with Gasteiger partial charge in [0.2, 0.25) is 5.78 Å². The molecule has 4 heteroatoms. The van der Waals surface area contributed by atoms with Crippen molar-refractivity contribution in [2.75, 3.05) is 13.6 Å². The van der Waals surface area contributed by atoms with E-state index >= 15 is 0 Å². The maximum absolute atomic E-state index is 12.3. The topological polar surface area (TPSA) is 46.9 Å². The van der Waals surface area contributed by atoms with E-state index in [1.54, 1.807) is 16.9 Å². The van der Waals surface area contributed by atoms with Crippen molar-refractivity contribution in [3.05, 3.63) is 53.3 Å². The van der Waals surface area contributed by atoms with Gasteiger partial charge in [-0.05, 0) is 31.6 Å². The molecule has 1 N–H and O–H groups in total. The summed E-state index contributed by atoms with van der Waals surface area (Å²) < 4.78 is 1.64. The fourth-order valence-corrected chi connectivity index (χ4v) is 1.89. The molecule has 1 heterocycles. The van der Waals surface area contributed by atoms with Gasteiger partial charge in [-0.2, -0.15) is 5.10 Å². The van der Waals surface area contributed by atoms with Gasteiger partial charge in [0.25, 0.3) is 0 Å². The lowest BCUT2D eigenvalue weighted by Crippen LogP contribution is -2.13. The van der Waals surface area contributed by atoms with Gasteiger partial charge < -0.3 is 5.32 Å². The molecule has 0 aliphatic heterocycles. The Labute approximate surface area is 107 Å². The lowest BCUT2D eigenvalue weighted by Gasteiger charge is -2.07. The molecule has 18 heavy (non-hydrogen) atoms. The average molecular weight is 243 g/mol. The number of rotatable bonds is 5. The minimum Gasteiger partial charge on any atom is -0.319 e. The van der Waals surface area contributed by atoms with E-state index in [0.717, 1.165) is 24.1 Å². The fourth-order valence-electron chi connectivity index (χ4n) is 1.89. The maximum atomic E-state index is 12.3. The monoisotopic (exact) mass is 243 g/mol. The summed E-state index contributed by atoms with van der Waals surface area (Å²) in [7, 11) is 3.72. The Morgan fingerprint density at radius 1 is 1.33 bits per heavy atom. The molecule has 0 aliphatic carbocycles. The Morgan fingerprint density at radius 3 is 2.78 bits per heavy atom. The SMILES string of the molecule is CNCCc1ccccc1C(=O)c1ccn(C)n1. The van der Waals surface area contributed by atoms with Gasteiger partial charge in [-0.3, -0.25) is 9.48 Å². The summed E-state index contributed by atoms with van der Waals surface area (Å²) in [6, 6.07) is 9.45. The standard InChI is InChI=1S/C14H17N3O/c1-15-9-7-11-5-3-4-6-12(11)14(18)13-8-10-17(2)16-13/h3-6,8,10,15H,7,9H2,1-2H3. The van der Waals surface area contributed by atoms with Crippen molar-refractivity contribution >= 4 is 5.78 Å². The minimum absolute atomic E-state index is 0.0118. The summed E-state index contributed by atoms with van der Waals surface area (Å²) in [6.07, 6.45) is 2.62. The molecule has 1 aromatic carbocycles. The van der Waals surface area contributed by atoms with Crippen LogP contribution >= 0.6 is 0 Å². The lowest BCUT2D eigenvalue weighted by atomic mass is 9.99. The predicted molar refractivity (Wildman–Crippen MR) is 70.7 cm³/mol. The second kappa shape index (κ2) is 5.60. The van der Waals surface area contributed by atoms with Crippen LogP contribution in [-0.4, -0.2) is 29.2 Å². The highest BCUT2D eigenvalue weighted by Crippen LogP contribution is 2.14. The Balaban J connectivity index is 2.29. The number of aryl methyl sites for hydroxylation is 1. The van der Waals surface area contributed by atoms with E-state index in [-0.39, 0.29) is 5.78 Å². The van der Waals surface area contributed by atoms with E-state index in [9.17, 15) is 4.79 Å². The summed E-state index contributed by atoms with van der Waals surface area (Å²) in [5.41, 5.74) is 2.29. The minimum atomic E-state index is -0.0118. The van der Waals surface area contributed by atoms with Crippen LogP contribution in [-0.2, 0) is 13.5 Å². The average Bonchev–Trinajstić information content (AvgIpc) is 2.82. The summed E-state index contributed by atoms with van der Waals surface area (Å²) in [5, 5.41) is 7.26. The van der Waals surface area contributed by atoms with Gasteiger partial charge >= 0.3 is 0 Å². The van der Waals surface area contributed by atoms with Gasteiger partial charge in [-0.15, -0.1) is 0 Å². The highest BCUT2D eigenvalue weighted by atomic mass is 16.1. The summed E-state index contributed by atoms with van der Waals surface area (Å²) in [4.78, 5) is 12.3. The molecule has 0 saturated heterocycles. The lowest BCUT2D eigenvalue weighted by molar-refractivity contribution is 0.103. The third-order valence-corrected chi connectivity index (χ3v) is 2.85. The van der Waals surface area contributed by atoms with Crippen molar-refractivity contribution in [3.63, 3.8) is 0 Å². The van der Waals surface area contributed by atoms with Crippen LogP contribution in [0.4, 0.5) is 0 Å². The number of hydrogen-bond acceptors (Lipinski definition) is 3. The van der Waals surface area contributed by atoms with Crippen molar-refractivity contribution in [2.45, 2.75) is 6.42 Å². The van der Waals surface area contributed by atoms with Crippen LogP contribution in [0.3, 0.4) is 0 Å². The second-order valence-corrected chi connectivity index (χ2v) is 4.21. The zero-order valence-electron chi connectivity index (χ0n) is 10.7. The predicted octanol–water partition coefficient (Wildman–Crippen LogP) is 1.41. The van der Waals surface area contributed by atoms with Crippen LogP contribution in [0.25, 0.3) is 0 Å². The van der Waals surface area contributed by atoms with E-state index in [1.807, 2.05) is 38.4 Å². The summed E-state index contributed by atoms with van der Waals surface area (Å²) in [6.45, 7) is 0.854. The molecule has 0 radical (unpaired) electrons. The molecule has 0 bridgehead atoms. The fraction of sp³-hybridized carbons (Fsp3) is 0.286. The van der Waals surface area contributed by atoms with Crippen LogP contribution in [0.2, 0.25) is 0 Å². The molecular formula is C14H17N3O. The number of carbonyl (C=O) groups excluding carboxylic acids is 1. The molecule has 0 saturated carbocycles. The van der Waals surface area contributed by atoms with Gasteiger partial charge in [-0.25, -0.2) is 0 Å². The zero-order valence-corrected chi connectivity index (χ0v) is 10.7. The molecule has 1 aromatic heterocycles. The smallest absolute Gasteiger partial charge is 0.213 e. The van der Waals surface area contributed by atoms with Crippen molar-refractivity contribution < 1.29 is 4.79 Å². The Morgan fingerprint density at radius 2 is 2.11 bits per heavy atom. The Bertz CT molecular complexity index is 545. The maximum Gasteiger partial charge on any atom is 0.213 e. The van der Waals surface area contributed by atoms with Crippen LogP contribution in [0.15, 0.2) is 36.5 Å². The molecule has 2 rings (SSSR count). The van der Waals surface area contributed by atoms with Crippen molar-refractivity contribution in [2.24, 2.45) is 7.05 Å². The number of carbonyl (C=O) groups is 1. The molecule has 0 spiro atoms. The van der Waals surface area contributed by atoms with Gasteiger partial charge in [0.15, 0.2) is 0 Å².